The van der Waals surface area contributed by atoms with Gasteiger partial charge < -0.3 is 15.0 Å². The number of nitrogens with one attached hydrogen (secondary N) is 1. The lowest BCUT2D eigenvalue weighted by atomic mass is 10.1. The number of rotatable bonds is 8. The summed E-state index contributed by atoms with van der Waals surface area (Å²) >= 11 is 0. The summed E-state index contributed by atoms with van der Waals surface area (Å²) in [5.74, 6) is -0.0746. The van der Waals surface area contributed by atoms with Crippen LogP contribution in [-0.4, -0.2) is 31.1 Å². The molecule has 170 valence electrons. The summed E-state index contributed by atoms with van der Waals surface area (Å²) in [5.41, 5.74) is 4.57. The SMILES string of the molecule is Cc1cccc(CN(C(=O)c2ccccc2)c2ccc(CC(=O)NC[C@H]3CCCO3)cc2)c1. The number of carbonyl (C=O) groups is 2. The molecule has 33 heavy (non-hydrogen) atoms. The van der Waals surface area contributed by atoms with Gasteiger partial charge in [-0.3, -0.25) is 9.59 Å². The summed E-state index contributed by atoms with van der Waals surface area (Å²) < 4.78 is 5.56. The second-order valence-corrected chi connectivity index (χ2v) is 8.53. The molecule has 1 aliphatic heterocycles. The first-order chi connectivity index (χ1) is 16.1. The van der Waals surface area contributed by atoms with Crippen LogP contribution in [0.4, 0.5) is 5.69 Å². The number of ether oxygens (including phenoxy) is 1. The van der Waals surface area contributed by atoms with Gasteiger partial charge in [-0.2, -0.15) is 0 Å². The molecule has 0 spiro atoms. The Kier molecular flexibility index (Phi) is 7.53. The van der Waals surface area contributed by atoms with E-state index in [9.17, 15) is 9.59 Å². The molecule has 1 fully saturated rings. The fourth-order valence-electron chi connectivity index (χ4n) is 4.08. The van der Waals surface area contributed by atoms with Crippen LogP contribution in [0.15, 0.2) is 78.9 Å². The maximum atomic E-state index is 13.4. The third kappa shape index (κ3) is 6.30. The van der Waals surface area contributed by atoms with Crippen LogP contribution in [0.1, 0.15) is 39.9 Å². The molecular formula is C28H30N2O3. The van der Waals surface area contributed by atoms with Crippen molar-refractivity contribution in [3.63, 3.8) is 0 Å². The van der Waals surface area contributed by atoms with Gasteiger partial charge in [-0.15, -0.1) is 0 Å². The van der Waals surface area contributed by atoms with Crippen molar-refractivity contribution in [3.8, 4) is 0 Å². The fourth-order valence-corrected chi connectivity index (χ4v) is 4.08. The first-order valence-electron chi connectivity index (χ1n) is 11.5. The number of amides is 2. The molecule has 3 aromatic carbocycles. The molecule has 1 N–H and O–H groups in total. The number of anilines is 1. The third-order valence-electron chi connectivity index (χ3n) is 5.85. The third-order valence-corrected chi connectivity index (χ3v) is 5.85. The maximum absolute atomic E-state index is 13.4. The van der Waals surface area contributed by atoms with Gasteiger partial charge in [0.1, 0.15) is 0 Å². The molecule has 1 aliphatic rings. The Hall–Kier alpha value is -3.44. The van der Waals surface area contributed by atoms with Crippen molar-refractivity contribution in [1.29, 1.82) is 0 Å². The topological polar surface area (TPSA) is 58.6 Å². The summed E-state index contributed by atoms with van der Waals surface area (Å²) in [5, 5.41) is 2.96. The molecule has 1 heterocycles. The fraction of sp³-hybridized carbons (Fsp3) is 0.286. The van der Waals surface area contributed by atoms with E-state index in [1.54, 1.807) is 4.90 Å². The molecule has 4 rings (SSSR count). The molecule has 0 radical (unpaired) electrons. The van der Waals surface area contributed by atoms with Crippen LogP contribution in [0.25, 0.3) is 0 Å². The van der Waals surface area contributed by atoms with Gasteiger partial charge in [-0.05, 0) is 55.2 Å². The Balaban J connectivity index is 1.47. The smallest absolute Gasteiger partial charge is 0.258 e. The summed E-state index contributed by atoms with van der Waals surface area (Å²) in [4.78, 5) is 27.5. The Labute approximate surface area is 195 Å². The van der Waals surface area contributed by atoms with E-state index in [1.165, 1.54) is 0 Å². The Morgan fingerprint density at radius 1 is 0.970 bits per heavy atom. The zero-order valence-corrected chi connectivity index (χ0v) is 19.0. The molecule has 1 saturated heterocycles. The minimum absolute atomic E-state index is 0.0183. The molecule has 3 aromatic rings. The highest BCUT2D eigenvalue weighted by atomic mass is 16.5. The van der Waals surface area contributed by atoms with E-state index in [0.717, 1.165) is 41.8 Å². The highest BCUT2D eigenvalue weighted by Crippen LogP contribution is 2.22. The van der Waals surface area contributed by atoms with Crippen molar-refractivity contribution in [3.05, 3.63) is 101 Å². The Morgan fingerprint density at radius 2 is 1.76 bits per heavy atom. The molecule has 0 saturated carbocycles. The molecule has 5 heteroatoms. The highest BCUT2D eigenvalue weighted by Gasteiger charge is 2.19. The average molecular weight is 443 g/mol. The van der Waals surface area contributed by atoms with Gasteiger partial charge in [0.25, 0.3) is 5.91 Å². The molecule has 5 nitrogen and oxygen atoms in total. The molecular weight excluding hydrogens is 412 g/mol. The zero-order chi connectivity index (χ0) is 23.0. The predicted octanol–water partition coefficient (Wildman–Crippen LogP) is 4.68. The van der Waals surface area contributed by atoms with E-state index < -0.39 is 0 Å². The van der Waals surface area contributed by atoms with Gasteiger partial charge in [0.2, 0.25) is 5.91 Å². The Morgan fingerprint density at radius 3 is 2.45 bits per heavy atom. The minimum Gasteiger partial charge on any atom is -0.376 e. The van der Waals surface area contributed by atoms with Crippen LogP contribution < -0.4 is 10.2 Å². The second-order valence-electron chi connectivity index (χ2n) is 8.53. The maximum Gasteiger partial charge on any atom is 0.258 e. The van der Waals surface area contributed by atoms with Gasteiger partial charge in [0.15, 0.2) is 0 Å². The largest absolute Gasteiger partial charge is 0.376 e. The van der Waals surface area contributed by atoms with E-state index >= 15 is 0 Å². The molecule has 2 amide bonds. The van der Waals surface area contributed by atoms with Crippen LogP contribution >= 0.6 is 0 Å². The number of nitrogens with zero attached hydrogens (tertiary/aromatic N) is 1. The monoisotopic (exact) mass is 442 g/mol. The highest BCUT2D eigenvalue weighted by molar-refractivity contribution is 6.06. The van der Waals surface area contributed by atoms with Crippen LogP contribution in [0.3, 0.4) is 0 Å². The molecule has 0 unspecified atom stereocenters. The van der Waals surface area contributed by atoms with Gasteiger partial charge in [0.05, 0.1) is 19.1 Å². The normalized spacial score (nSPS) is 15.2. The molecule has 0 aliphatic carbocycles. The molecule has 0 aromatic heterocycles. The van der Waals surface area contributed by atoms with Crippen molar-refractivity contribution >= 4 is 17.5 Å². The standard InChI is InChI=1S/C28H30N2O3/c1-21-7-5-8-23(17-21)20-30(28(32)24-9-3-2-4-10-24)25-14-12-22(13-15-25)18-27(31)29-19-26-11-6-16-33-26/h2-5,7-10,12-15,17,26H,6,11,16,18-20H2,1H3,(H,29,31)/t26-/m1/s1. The number of aryl methyl sites for hydroxylation is 1. The van der Waals surface area contributed by atoms with Crippen LogP contribution in [0.2, 0.25) is 0 Å². The minimum atomic E-state index is -0.0563. The molecule has 0 bridgehead atoms. The van der Waals surface area contributed by atoms with Crippen molar-refractivity contribution in [1.82, 2.24) is 5.32 Å². The summed E-state index contributed by atoms with van der Waals surface area (Å²) in [6, 6.07) is 25.2. The average Bonchev–Trinajstić information content (AvgIpc) is 3.36. The van der Waals surface area contributed by atoms with Crippen molar-refractivity contribution in [2.24, 2.45) is 0 Å². The number of benzene rings is 3. The lowest BCUT2D eigenvalue weighted by molar-refractivity contribution is -0.120. The lowest BCUT2D eigenvalue weighted by Gasteiger charge is -2.24. The van der Waals surface area contributed by atoms with E-state index in [0.29, 0.717) is 25.1 Å². The number of carbonyl (C=O) groups excluding carboxylic acids is 2. The molecule has 1 atom stereocenters. The van der Waals surface area contributed by atoms with E-state index in [4.69, 9.17) is 4.74 Å². The predicted molar refractivity (Wildman–Crippen MR) is 130 cm³/mol. The van der Waals surface area contributed by atoms with Crippen molar-refractivity contribution in [2.75, 3.05) is 18.1 Å². The summed E-state index contributed by atoms with van der Waals surface area (Å²) in [6.45, 7) is 3.86. The van der Waals surface area contributed by atoms with E-state index in [-0.39, 0.29) is 17.9 Å². The second kappa shape index (κ2) is 10.9. The van der Waals surface area contributed by atoms with Crippen LogP contribution in [-0.2, 0) is 22.5 Å². The van der Waals surface area contributed by atoms with E-state index in [1.807, 2.05) is 79.7 Å². The first-order valence-corrected chi connectivity index (χ1v) is 11.5. The number of hydrogen-bond acceptors (Lipinski definition) is 3. The Bertz CT molecular complexity index is 1070. The number of hydrogen-bond donors (Lipinski definition) is 1. The summed E-state index contributed by atoms with van der Waals surface area (Å²) in [7, 11) is 0. The lowest BCUT2D eigenvalue weighted by Crippen LogP contribution is -2.32. The zero-order valence-electron chi connectivity index (χ0n) is 19.0. The first kappa shape index (κ1) is 22.7. The van der Waals surface area contributed by atoms with Crippen molar-refractivity contribution < 1.29 is 14.3 Å². The van der Waals surface area contributed by atoms with Gasteiger partial charge in [-0.25, -0.2) is 0 Å². The van der Waals surface area contributed by atoms with Crippen LogP contribution in [0.5, 0.6) is 0 Å². The van der Waals surface area contributed by atoms with Crippen LogP contribution in [0, 0.1) is 6.92 Å². The summed E-state index contributed by atoms with van der Waals surface area (Å²) in [6.07, 6.45) is 2.50. The van der Waals surface area contributed by atoms with Gasteiger partial charge in [-0.1, -0.05) is 60.2 Å². The van der Waals surface area contributed by atoms with E-state index in [2.05, 4.69) is 11.4 Å². The van der Waals surface area contributed by atoms with Gasteiger partial charge in [0, 0.05) is 24.4 Å². The van der Waals surface area contributed by atoms with Gasteiger partial charge >= 0.3 is 0 Å². The quantitative estimate of drug-likeness (QED) is 0.551. The van der Waals surface area contributed by atoms with Crippen molar-refractivity contribution in [2.45, 2.75) is 38.8 Å².